The summed E-state index contributed by atoms with van der Waals surface area (Å²) in [6.07, 6.45) is -7.72. The second kappa shape index (κ2) is 5.00. The predicted octanol–water partition coefficient (Wildman–Crippen LogP) is 2.78. The molecule has 0 aliphatic heterocycles. The number of carbonyl (C=O) groups excluding carboxylic acids is 1. The van der Waals surface area contributed by atoms with Crippen molar-refractivity contribution in [2.75, 3.05) is 0 Å². The summed E-state index contributed by atoms with van der Waals surface area (Å²) in [5.41, 5.74) is -1.25. The number of hydrogen-bond donors (Lipinski definition) is 1. The lowest BCUT2D eigenvalue weighted by Gasteiger charge is -2.20. The van der Waals surface area contributed by atoms with Crippen LogP contribution in [0.2, 0.25) is 0 Å². The van der Waals surface area contributed by atoms with Crippen molar-refractivity contribution < 1.29 is 31.5 Å². The smallest absolute Gasteiger partial charge is 0.452 e. The van der Waals surface area contributed by atoms with Crippen LogP contribution in [0.3, 0.4) is 0 Å². The molecule has 0 heterocycles. The zero-order valence-electron chi connectivity index (χ0n) is 7.65. The molecule has 0 N–H and O–H groups in total. The van der Waals surface area contributed by atoms with E-state index in [2.05, 4.69) is 17.4 Å². The third-order valence-corrected chi connectivity index (χ3v) is 1.79. The Kier molecular flexibility index (Phi) is 4.82. The lowest BCUT2D eigenvalue weighted by molar-refractivity contribution is -0.285. The van der Waals surface area contributed by atoms with Gasteiger partial charge in [0.2, 0.25) is 0 Å². The van der Waals surface area contributed by atoms with Gasteiger partial charge in [-0.25, -0.2) is 0 Å². The van der Waals surface area contributed by atoms with Gasteiger partial charge in [-0.05, 0) is 6.42 Å². The molecule has 8 heteroatoms. The lowest BCUT2D eigenvalue weighted by atomic mass is 10.2. The Hall–Kier alpha value is -0.530. The molecule has 0 bridgehead atoms. The number of hydrogen-bond acceptors (Lipinski definition) is 3. The van der Waals surface area contributed by atoms with Crippen LogP contribution in [0.25, 0.3) is 0 Å². The standard InChI is InChI=1S/C7H9F5O2S/c1-4(13)14-5(15)2-3-6(8,9)7(10,11)12/h5,15H,2-3H2,1H3. The SMILES string of the molecule is CC(=O)OC(S)CCC(F)(F)C(F)(F)F. The van der Waals surface area contributed by atoms with E-state index in [-0.39, 0.29) is 0 Å². The van der Waals surface area contributed by atoms with Crippen LogP contribution in [0, 0.1) is 0 Å². The van der Waals surface area contributed by atoms with Crippen molar-refractivity contribution in [2.45, 2.75) is 37.3 Å². The molecule has 90 valence electrons. The molecule has 2 nitrogen and oxygen atoms in total. The summed E-state index contributed by atoms with van der Waals surface area (Å²) in [5.74, 6) is -5.57. The highest BCUT2D eigenvalue weighted by atomic mass is 32.1. The molecule has 0 fully saturated rings. The summed E-state index contributed by atoms with van der Waals surface area (Å²) in [6.45, 7) is 1.01. The number of alkyl halides is 5. The summed E-state index contributed by atoms with van der Waals surface area (Å²) >= 11 is 3.53. The third kappa shape index (κ3) is 5.19. The van der Waals surface area contributed by atoms with E-state index in [1.165, 1.54) is 0 Å². The van der Waals surface area contributed by atoms with Crippen LogP contribution in [0.15, 0.2) is 0 Å². The first kappa shape index (κ1) is 14.5. The summed E-state index contributed by atoms with van der Waals surface area (Å²) in [6, 6.07) is 0. The van der Waals surface area contributed by atoms with Gasteiger partial charge in [0.25, 0.3) is 0 Å². The fourth-order valence-electron chi connectivity index (χ4n) is 0.697. The van der Waals surface area contributed by atoms with Crippen molar-refractivity contribution in [3.63, 3.8) is 0 Å². The van der Waals surface area contributed by atoms with Crippen LogP contribution in [0.5, 0.6) is 0 Å². The maximum Gasteiger partial charge on any atom is 0.453 e. The monoisotopic (exact) mass is 252 g/mol. The highest BCUT2D eigenvalue weighted by Gasteiger charge is 2.56. The van der Waals surface area contributed by atoms with Gasteiger partial charge in [-0.2, -0.15) is 22.0 Å². The first-order chi connectivity index (χ1) is 6.56. The highest BCUT2D eigenvalue weighted by Crippen LogP contribution is 2.39. The molecule has 0 aliphatic rings. The second-order valence-corrected chi connectivity index (χ2v) is 3.38. The van der Waals surface area contributed by atoms with Gasteiger partial charge in [-0.1, -0.05) is 0 Å². The molecule has 15 heavy (non-hydrogen) atoms. The Morgan fingerprint density at radius 3 is 2.13 bits per heavy atom. The van der Waals surface area contributed by atoms with Gasteiger partial charge < -0.3 is 4.74 Å². The first-order valence-electron chi connectivity index (χ1n) is 3.86. The molecule has 0 radical (unpaired) electrons. The van der Waals surface area contributed by atoms with Gasteiger partial charge in [0.1, 0.15) is 5.44 Å². The average Bonchev–Trinajstić information content (AvgIpc) is 1.97. The largest absolute Gasteiger partial charge is 0.453 e. The molecule has 0 aromatic carbocycles. The van der Waals surface area contributed by atoms with E-state index in [1.54, 1.807) is 0 Å². The zero-order chi connectivity index (χ0) is 12.3. The molecular weight excluding hydrogens is 243 g/mol. The number of ether oxygens (including phenoxy) is 1. The maximum atomic E-state index is 12.3. The Labute approximate surface area is 88.2 Å². The van der Waals surface area contributed by atoms with Gasteiger partial charge in [0, 0.05) is 13.3 Å². The molecule has 0 aromatic heterocycles. The van der Waals surface area contributed by atoms with E-state index in [0.717, 1.165) is 6.92 Å². The highest BCUT2D eigenvalue weighted by molar-refractivity contribution is 7.80. The molecule has 0 aromatic rings. The molecule has 0 spiro atoms. The van der Waals surface area contributed by atoms with Crippen LogP contribution in [-0.4, -0.2) is 23.5 Å². The van der Waals surface area contributed by atoms with Crippen LogP contribution in [-0.2, 0) is 9.53 Å². The second-order valence-electron chi connectivity index (χ2n) is 2.80. The van der Waals surface area contributed by atoms with E-state index >= 15 is 0 Å². The maximum absolute atomic E-state index is 12.3. The van der Waals surface area contributed by atoms with Crippen LogP contribution in [0.1, 0.15) is 19.8 Å². The summed E-state index contributed by atoms with van der Waals surface area (Å²) in [5, 5.41) is 0. The van der Waals surface area contributed by atoms with Crippen LogP contribution < -0.4 is 0 Å². The normalized spacial score (nSPS) is 14.9. The van der Waals surface area contributed by atoms with Gasteiger partial charge in [-0.15, -0.1) is 12.6 Å². The van der Waals surface area contributed by atoms with E-state index in [4.69, 9.17) is 0 Å². The molecule has 0 amide bonds. The molecule has 1 unspecified atom stereocenters. The molecule has 0 saturated heterocycles. The zero-order valence-corrected chi connectivity index (χ0v) is 8.54. The van der Waals surface area contributed by atoms with E-state index in [1.807, 2.05) is 0 Å². The van der Waals surface area contributed by atoms with E-state index in [0.29, 0.717) is 0 Å². The lowest BCUT2D eigenvalue weighted by Crippen LogP contribution is -2.37. The Balaban J connectivity index is 4.10. The Morgan fingerprint density at radius 1 is 1.33 bits per heavy atom. The summed E-state index contributed by atoms with van der Waals surface area (Å²) in [7, 11) is 0. The van der Waals surface area contributed by atoms with Crippen molar-refractivity contribution in [1.82, 2.24) is 0 Å². The number of thiol groups is 1. The van der Waals surface area contributed by atoms with E-state index < -0.39 is 36.3 Å². The van der Waals surface area contributed by atoms with Crippen molar-refractivity contribution in [1.29, 1.82) is 0 Å². The fraction of sp³-hybridized carbons (Fsp3) is 0.857. The van der Waals surface area contributed by atoms with Crippen molar-refractivity contribution in [3.05, 3.63) is 0 Å². The average molecular weight is 252 g/mol. The minimum absolute atomic E-state index is 0.671. The number of halogens is 5. The van der Waals surface area contributed by atoms with Crippen molar-refractivity contribution >= 4 is 18.6 Å². The first-order valence-corrected chi connectivity index (χ1v) is 4.38. The molecule has 1 atom stereocenters. The van der Waals surface area contributed by atoms with Crippen LogP contribution >= 0.6 is 12.6 Å². The quantitative estimate of drug-likeness (QED) is 0.360. The van der Waals surface area contributed by atoms with Gasteiger partial charge in [0.05, 0.1) is 0 Å². The van der Waals surface area contributed by atoms with Gasteiger partial charge >= 0.3 is 18.1 Å². The molecule has 0 rings (SSSR count). The third-order valence-electron chi connectivity index (χ3n) is 1.42. The Morgan fingerprint density at radius 2 is 1.80 bits per heavy atom. The van der Waals surface area contributed by atoms with Crippen molar-refractivity contribution in [2.24, 2.45) is 0 Å². The number of esters is 1. The number of rotatable bonds is 4. The molecular formula is C7H9F5O2S. The summed E-state index contributed by atoms with van der Waals surface area (Å²) in [4.78, 5) is 10.3. The van der Waals surface area contributed by atoms with E-state index in [9.17, 15) is 26.7 Å². The Bertz CT molecular complexity index is 228. The minimum Gasteiger partial charge on any atom is -0.452 e. The van der Waals surface area contributed by atoms with Gasteiger partial charge in [0.15, 0.2) is 0 Å². The predicted molar refractivity (Wildman–Crippen MR) is 44.8 cm³/mol. The van der Waals surface area contributed by atoms with Crippen molar-refractivity contribution in [3.8, 4) is 0 Å². The molecule has 0 saturated carbocycles. The van der Waals surface area contributed by atoms with Crippen LogP contribution in [0.4, 0.5) is 22.0 Å². The summed E-state index contributed by atoms with van der Waals surface area (Å²) < 4.78 is 63.9. The topological polar surface area (TPSA) is 26.3 Å². The molecule has 0 aliphatic carbocycles. The fourth-order valence-corrected chi connectivity index (χ4v) is 0.975. The van der Waals surface area contributed by atoms with Gasteiger partial charge in [-0.3, -0.25) is 4.79 Å². The number of carbonyl (C=O) groups is 1. The minimum atomic E-state index is -5.59.